The first-order valence-corrected chi connectivity index (χ1v) is 7.27. The Balaban J connectivity index is 2.01. The molecule has 0 aromatic carbocycles. The molecule has 0 aliphatic heterocycles. The van der Waals surface area contributed by atoms with Gasteiger partial charge in [-0.3, -0.25) is 5.32 Å². The van der Waals surface area contributed by atoms with Gasteiger partial charge in [-0.15, -0.1) is 11.3 Å². The molecule has 0 saturated heterocycles. The van der Waals surface area contributed by atoms with E-state index in [1.165, 1.54) is 37.0 Å². The Hall–Kier alpha value is -1.10. The lowest BCUT2D eigenvalue weighted by Gasteiger charge is -2.19. The largest absolute Gasteiger partial charge is 0.444 e. The first kappa shape index (κ1) is 13.3. The van der Waals surface area contributed by atoms with Crippen molar-refractivity contribution in [3.05, 3.63) is 11.2 Å². The molecule has 5 heteroatoms. The fourth-order valence-corrected chi connectivity index (χ4v) is 2.99. The minimum Gasteiger partial charge on any atom is -0.444 e. The topological polar surface area (TPSA) is 51.2 Å². The Morgan fingerprint density at radius 2 is 2.11 bits per heavy atom. The summed E-state index contributed by atoms with van der Waals surface area (Å²) in [5.41, 5.74) is 2.35. The van der Waals surface area contributed by atoms with Crippen molar-refractivity contribution in [3.63, 3.8) is 0 Å². The maximum absolute atomic E-state index is 11.7. The Morgan fingerprint density at radius 3 is 2.72 bits per heavy atom. The Morgan fingerprint density at radius 1 is 1.44 bits per heavy atom. The molecule has 1 N–H and O–H groups in total. The van der Waals surface area contributed by atoms with Crippen molar-refractivity contribution in [2.75, 3.05) is 5.32 Å². The summed E-state index contributed by atoms with van der Waals surface area (Å²) in [6.45, 7) is 5.57. The van der Waals surface area contributed by atoms with Crippen molar-refractivity contribution in [1.29, 1.82) is 0 Å². The smallest absolute Gasteiger partial charge is 0.412 e. The molecule has 1 fully saturated rings. The molecule has 1 aromatic rings. The molecule has 1 aliphatic carbocycles. The molecule has 100 valence electrons. The number of aromatic nitrogens is 1. The van der Waals surface area contributed by atoms with Gasteiger partial charge < -0.3 is 4.74 Å². The van der Waals surface area contributed by atoms with E-state index in [0.29, 0.717) is 5.92 Å². The molecule has 0 atom stereocenters. The number of hydrogen-bond donors (Lipinski definition) is 1. The van der Waals surface area contributed by atoms with Crippen molar-refractivity contribution in [2.24, 2.45) is 0 Å². The monoisotopic (exact) mass is 268 g/mol. The minimum atomic E-state index is -0.470. The molecule has 0 radical (unpaired) electrons. The SMILES string of the molecule is CC(C)(C)OC(=O)Nc1scnc1C1CCCC1. The second-order valence-electron chi connectivity index (χ2n) is 5.67. The summed E-state index contributed by atoms with van der Waals surface area (Å²) in [7, 11) is 0. The van der Waals surface area contributed by atoms with Crippen LogP contribution in [0.15, 0.2) is 5.51 Å². The number of carbonyl (C=O) groups is 1. The van der Waals surface area contributed by atoms with Crippen molar-refractivity contribution in [3.8, 4) is 0 Å². The third kappa shape index (κ3) is 3.45. The zero-order valence-electron chi connectivity index (χ0n) is 11.2. The van der Waals surface area contributed by atoms with Gasteiger partial charge in [-0.05, 0) is 33.6 Å². The van der Waals surface area contributed by atoms with Crippen LogP contribution in [0.3, 0.4) is 0 Å². The summed E-state index contributed by atoms with van der Waals surface area (Å²) in [6.07, 6.45) is 4.47. The summed E-state index contributed by atoms with van der Waals surface area (Å²) < 4.78 is 5.26. The van der Waals surface area contributed by atoms with Gasteiger partial charge in [-0.1, -0.05) is 12.8 Å². The number of ether oxygens (including phenoxy) is 1. The standard InChI is InChI=1S/C13H20N2O2S/c1-13(2,3)17-12(16)15-11-10(14-8-18-11)9-6-4-5-7-9/h8-9H,4-7H2,1-3H3,(H,15,16). The Labute approximate surface area is 112 Å². The zero-order chi connectivity index (χ0) is 13.2. The van der Waals surface area contributed by atoms with Crippen LogP contribution in [0.5, 0.6) is 0 Å². The van der Waals surface area contributed by atoms with E-state index in [9.17, 15) is 4.79 Å². The lowest BCUT2D eigenvalue weighted by Crippen LogP contribution is -2.27. The van der Waals surface area contributed by atoms with Crippen LogP contribution in [0.2, 0.25) is 0 Å². The van der Waals surface area contributed by atoms with Gasteiger partial charge >= 0.3 is 6.09 Å². The highest BCUT2D eigenvalue weighted by molar-refractivity contribution is 7.14. The van der Waals surface area contributed by atoms with Crippen molar-refractivity contribution in [2.45, 2.75) is 58.0 Å². The second kappa shape index (κ2) is 5.26. The van der Waals surface area contributed by atoms with E-state index in [1.807, 2.05) is 20.8 Å². The normalized spacial score (nSPS) is 16.8. The van der Waals surface area contributed by atoms with E-state index >= 15 is 0 Å². The molecule has 1 amide bonds. The molecule has 1 aliphatic rings. The van der Waals surface area contributed by atoms with E-state index in [0.717, 1.165) is 10.7 Å². The summed E-state index contributed by atoms with van der Waals surface area (Å²) >= 11 is 1.47. The number of rotatable bonds is 2. The van der Waals surface area contributed by atoms with Crippen LogP contribution >= 0.6 is 11.3 Å². The van der Waals surface area contributed by atoms with E-state index in [2.05, 4.69) is 10.3 Å². The summed E-state index contributed by atoms with van der Waals surface area (Å²) in [5.74, 6) is 0.501. The van der Waals surface area contributed by atoms with Crippen LogP contribution < -0.4 is 5.32 Å². The van der Waals surface area contributed by atoms with Gasteiger partial charge in [-0.2, -0.15) is 0 Å². The average Bonchev–Trinajstić information content (AvgIpc) is 2.82. The van der Waals surface area contributed by atoms with Gasteiger partial charge in [0.1, 0.15) is 10.6 Å². The number of amides is 1. The fourth-order valence-electron chi connectivity index (χ4n) is 2.23. The number of nitrogens with zero attached hydrogens (tertiary/aromatic N) is 1. The van der Waals surface area contributed by atoms with Gasteiger partial charge in [0.25, 0.3) is 0 Å². The molecule has 1 aromatic heterocycles. The predicted molar refractivity (Wildman–Crippen MR) is 73.2 cm³/mol. The maximum Gasteiger partial charge on any atom is 0.412 e. The molecule has 0 spiro atoms. The molecule has 1 saturated carbocycles. The molecule has 0 unspecified atom stereocenters. The van der Waals surface area contributed by atoms with Crippen molar-refractivity contribution >= 4 is 22.4 Å². The quantitative estimate of drug-likeness (QED) is 0.876. The van der Waals surface area contributed by atoms with Crippen LogP contribution in [0.4, 0.5) is 9.80 Å². The Kier molecular flexibility index (Phi) is 3.90. The van der Waals surface area contributed by atoms with Gasteiger partial charge in [0, 0.05) is 5.92 Å². The number of hydrogen-bond acceptors (Lipinski definition) is 4. The van der Waals surface area contributed by atoms with Crippen LogP contribution in [-0.2, 0) is 4.74 Å². The van der Waals surface area contributed by atoms with E-state index in [4.69, 9.17) is 4.74 Å². The molecule has 18 heavy (non-hydrogen) atoms. The molecule has 4 nitrogen and oxygen atoms in total. The number of nitrogens with one attached hydrogen (secondary N) is 1. The number of carbonyl (C=O) groups excluding carboxylic acids is 1. The first-order chi connectivity index (χ1) is 8.46. The second-order valence-corrected chi connectivity index (χ2v) is 6.53. The zero-order valence-corrected chi connectivity index (χ0v) is 12.0. The van der Waals surface area contributed by atoms with E-state index in [1.54, 1.807) is 5.51 Å². The number of thiazole rings is 1. The highest BCUT2D eigenvalue weighted by atomic mass is 32.1. The Bertz CT molecular complexity index is 417. The predicted octanol–water partition coefficient (Wildman–Crippen LogP) is 4.15. The van der Waals surface area contributed by atoms with Gasteiger partial charge in [0.2, 0.25) is 0 Å². The third-order valence-electron chi connectivity index (χ3n) is 2.95. The van der Waals surface area contributed by atoms with Gasteiger partial charge in [0.05, 0.1) is 11.2 Å². The van der Waals surface area contributed by atoms with Gasteiger partial charge in [-0.25, -0.2) is 9.78 Å². The molecular formula is C13H20N2O2S. The third-order valence-corrected chi connectivity index (χ3v) is 3.71. The lowest BCUT2D eigenvalue weighted by molar-refractivity contribution is 0.0636. The van der Waals surface area contributed by atoms with E-state index in [-0.39, 0.29) is 0 Å². The van der Waals surface area contributed by atoms with Crippen molar-refractivity contribution < 1.29 is 9.53 Å². The highest BCUT2D eigenvalue weighted by Crippen LogP contribution is 2.38. The van der Waals surface area contributed by atoms with Crippen LogP contribution in [0, 0.1) is 0 Å². The summed E-state index contributed by atoms with van der Waals surface area (Å²) in [5, 5.41) is 3.66. The minimum absolute atomic E-state index is 0.397. The number of anilines is 1. The first-order valence-electron chi connectivity index (χ1n) is 6.39. The van der Waals surface area contributed by atoms with Crippen LogP contribution in [0.1, 0.15) is 58.1 Å². The van der Waals surface area contributed by atoms with Crippen molar-refractivity contribution in [1.82, 2.24) is 4.98 Å². The highest BCUT2D eigenvalue weighted by Gasteiger charge is 2.24. The molecule has 2 rings (SSSR count). The molecule has 1 heterocycles. The fraction of sp³-hybridized carbons (Fsp3) is 0.692. The maximum atomic E-state index is 11.7. The summed E-state index contributed by atoms with van der Waals surface area (Å²) in [4.78, 5) is 16.1. The van der Waals surface area contributed by atoms with Gasteiger partial charge in [0.15, 0.2) is 0 Å². The van der Waals surface area contributed by atoms with Crippen LogP contribution in [-0.4, -0.2) is 16.7 Å². The van der Waals surface area contributed by atoms with Crippen LogP contribution in [0.25, 0.3) is 0 Å². The van der Waals surface area contributed by atoms with E-state index < -0.39 is 11.7 Å². The molecular weight excluding hydrogens is 248 g/mol. The average molecular weight is 268 g/mol. The summed E-state index contributed by atoms with van der Waals surface area (Å²) in [6, 6.07) is 0. The molecule has 0 bridgehead atoms. The lowest BCUT2D eigenvalue weighted by atomic mass is 10.1.